The molecule has 0 aromatic heterocycles. The molecule has 1 heterocycles. The van der Waals surface area contributed by atoms with Gasteiger partial charge in [-0.25, -0.2) is 0 Å². The smallest absolute Gasteiger partial charge is 0.152 e. The van der Waals surface area contributed by atoms with Crippen molar-refractivity contribution >= 4 is 11.6 Å². The van der Waals surface area contributed by atoms with Crippen molar-refractivity contribution in [2.24, 2.45) is 5.92 Å². The Morgan fingerprint density at radius 2 is 2.23 bits per heavy atom. The monoisotopic (exact) mass is 183 g/mol. The summed E-state index contributed by atoms with van der Waals surface area (Å²) in [6.07, 6.45) is 2.39. The molecule has 1 fully saturated rings. The molecule has 74 valence electrons. The quantitative estimate of drug-likeness (QED) is 0.705. The van der Waals surface area contributed by atoms with Crippen LogP contribution in [0.3, 0.4) is 0 Å². The Labute approximate surface area is 78.9 Å². The Morgan fingerprint density at radius 3 is 2.69 bits per heavy atom. The van der Waals surface area contributed by atoms with Gasteiger partial charge in [-0.2, -0.15) is 0 Å². The fraction of sp³-hybridized carbons (Fsp3) is 0.800. The van der Waals surface area contributed by atoms with E-state index in [1.54, 1.807) is 0 Å². The molecule has 1 aliphatic heterocycles. The molecule has 1 rings (SSSR count). The normalized spacial score (nSPS) is 24.3. The van der Waals surface area contributed by atoms with Gasteiger partial charge in [0.2, 0.25) is 0 Å². The molecule has 0 amide bonds. The Hall–Kier alpha value is -0.700. The molecule has 0 spiro atoms. The fourth-order valence-electron chi connectivity index (χ4n) is 1.80. The summed E-state index contributed by atoms with van der Waals surface area (Å²) in [4.78, 5) is 22.5. The molecule has 2 unspecified atom stereocenters. The van der Waals surface area contributed by atoms with E-state index in [2.05, 4.69) is 5.32 Å². The van der Waals surface area contributed by atoms with Gasteiger partial charge in [-0.05, 0) is 26.3 Å². The Balaban J connectivity index is 2.41. The summed E-state index contributed by atoms with van der Waals surface area (Å²) in [5.74, 6) is 0.180. The summed E-state index contributed by atoms with van der Waals surface area (Å²) >= 11 is 0. The number of rotatable bonds is 4. The molecular formula is C10H17NO2. The van der Waals surface area contributed by atoms with E-state index in [4.69, 9.17) is 0 Å². The zero-order valence-corrected chi connectivity index (χ0v) is 8.30. The van der Waals surface area contributed by atoms with Crippen LogP contribution in [0.2, 0.25) is 0 Å². The molecule has 1 aliphatic rings. The van der Waals surface area contributed by atoms with Crippen molar-refractivity contribution in [3.63, 3.8) is 0 Å². The summed E-state index contributed by atoms with van der Waals surface area (Å²) in [7, 11) is 0. The first-order valence-corrected chi connectivity index (χ1v) is 4.88. The van der Waals surface area contributed by atoms with Gasteiger partial charge in [-0.1, -0.05) is 6.92 Å². The van der Waals surface area contributed by atoms with E-state index < -0.39 is 0 Å². The standard InChI is InChI=1S/C10H17NO2/c1-7(6-8(2)12)10(13)9-4-3-5-11-9/h7,9,11H,3-6H2,1-2H3. The van der Waals surface area contributed by atoms with Crippen LogP contribution in [-0.4, -0.2) is 24.2 Å². The molecule has 1 N–H and O–H groups in total. The zero-order chi connectivity index (χ0) is 9.84. The van der Waals surface area contributed by atoms with Gasteiger partial charge in [0.1, 0.15) is 5.78 Å². The van der Waals surface area contributed by atoms with Gasteiger partial charge in [0, 0.05) is 12.3 Å². The number of hydrogen-bond acceptors (Lipinski definition) is 3. The Kier molecular flexibility index (Phi) is 3.60. The van der Waals surface area contributed by atoms with Crippen LogP contribution in [0.4, 0.5) is 0 Å². The van der Waals surface area contributed by atoms with E-state index in [1.807, 2.05) is 6.92 Å². The summed E-state index contributed by atoms with van der Waals surface area (Å²) in [5, 5.41) is 3.15. The van der Waals surface area contributed by atoms with E-state index in [0.29, 0.717) is 6.42 Å². The van der Waals surface area contributed by atoms with Crippen molar-refractivity contribution < 1.29 is 9.59 Å². The first-order chi connectivity index (χ1) is 6.11. The van der Waals surface area contributed by atoms with Crippen molar-refractivity contribution in [2.45, 2.75) is 39.2 Å². The van der Waals surface area contributed by atoms with Crippen LogP contribution in [0.15, 0.2) is 0 Å². The maximum absolute atomic E-state index is 11.7. The Morgan fingerprint density at radius 1 is 1.54 bits per heavy atom. The third-order valence-corrected chi connectivity index (χ3v) is 2.48. The summed E-state index contributed by atoms with van der Waals surface area (Å²) in [6.45, 7) is 4.30. The number of carbonyl (C=O) groups is 2. The SMILES string of the molecule is CC(=O)CC(C)C(=O)C1CCCN1. The molecular weight excluding hydrogens is 166 g/mol. The summed E-state index contributed by atoms with van der Waals surface area (Å²) in [5.41, 5.74) is 0. The van der Waals surface area contributed by atoms with E-state index in [-0.39, 0.29) is 23.5 Å². The van der Waals surface area contributed by atoms with E-state index in [9.17, 15) is 9.59 Å². The number of hydrogen-bond donors (Lipinski definition) is 1. The van der Waals surface area contributed by atoms with Crippen LogP contribution in [-0.2, 0) is 9.59 Å². The fourth-order valence-corrected chi connectivity index (χ4v) is 1.80. The number of ketones is 2. The first kappa shape index (κ1) is 10.4. The third kappa shape index (κ3) is 2.92. The lowest BCUT2D eigenvalue weighted by atomic mass is 9.94. The topological polar surface area (TPSA) is 46.2 Å². The maximum atomic E-state index is 11.7. The van der Waals surface area contributed by atoms with Crippen LogP contribution in [0.1, 0.15) is 33.1 Å². The predicted octanol–water partition coefficient (Wildman–Crippen LogP) is 0.923. The van der Waals surface area contributed by atoms with Gasteiger partial charge < -0.3 is 10.1 Å². The highest BCUT2D eigenvalue weighted by Crippen LogP contribution is 2.13. The zero-order valence-electron chi connectivity index (χ0n) is 8.30. The van der Waals surface area contributed by atoms with Crippen LogP contribution in [0.25, 0.3) is 0 Å². The van der Waals surface area contributed by atoms with Gasteiger partial charge in [0.05, 0.1) is 6.04 Å². The molecule has 13 heavy (non-hydrogen) atoms. The molecule has 2 atom stereocenters. The van der Waals surface area contributed by atoms with Gasteiger partial charge in [0.25, 0.3) is 0 Å². The second-order valence-electron chi connectivity index (χ2n) is 3.86. The molecule has 0 aliphatic carbocycles. The third-order valence-electron chi connectivity index (χ3n) is 2.48. The van der Waals surface area contributed by atoms with Crippen LogP contribution >= 0.6 is 0 Å². The van der Waals surface area contributed by atoms with Crippen molar-refractivity contribution in [3.05, 3.63) is 0 Å². The Bertz CT molecular complexity index is 207. The van der Waals surface area contributed by atoms with Crippen molar-refractivity contribution in [2.75, 3.05) is 6.54 Å². The van der Waals surface area contributed by atoms with Crippen LogP contribution < -0.4 is 5.32 Å². The highest BCUT2D eigenvalue weighted by atomic mass is 16.1. The van der Waals surface area contributed by atoms with Crippen LogP contribution in [0.5, 0.6) is 0 Å². The average molecular weight is 183 g/mol. The van der Waals surface area contributed by atoms with E-state index in [0.717, 1.165) is 19.4 Å². The van der Waals surface area contributed by atoms with Crippen LogP contribution in [0, 0.1) is 5.92 Å². The lowest BCUT2D eigenvalue weighted by molar-refractivity contribution is -0.127. The van der Waals surface area contributed by atoms with Crippen molar-refractivity contribution in [1.29, 1.82) is 0 Å². The minimum atomic E-state index is -0.118. The number of carbonyl (C=O) groups excluding carboxylic acids is 2. The number of Topliss-reactive ketones (excluding diaryl/α,β-unsaturated/α-hetero) is 2. The molecule has 1 saturated heterocycles. The molecule has 3 heteroatoms. The molecule has 3 nitrogen and oxygen atoms in total. The lowest BCUT2D eigenvalue weighted by Crippen LogP contribution is -2.35. The van der Waals surface area contributed by atoms with Gasteiger partial charge >= 0.3 is 0 Å². The minimum Gasteiger partial charge on any atom is -0.307 e. The van der Waals surface area contributed by atoms with Gasteiger partial charge in [0.15, 0.2) is 5.78 Å². The van der Waals surface area contributed by atoms with Crippen molar-refractivity contribution in [1.82, 2.24) is 5.32 Å². The van der Waals surface area contributed by atoms with E-state index >= 15 is 0 Å². The molecule has 0 radical (unpaired) electrons. The molecule has 0 aromatic carbocycles. The second kappa shape index (κ2) is 4.51. The summed E-state index contributed by atoms with van der Waals surface area (Å²) < 4.78 is 0. The molecule has 0 bridgehead atoms. The predicted molar refractivity (Wildman–Crippen MR) is 50.5 cm³/mol. The first-order valence-electron chi connectivity index (χ1n) is 4.88. The average Bonchev–Trinajstić information content (AvgIpc) is 2.53. The summed E-state index contributed by atoms with van der Waals surface area (Å²) in [6, 6.07) is 0.00866. The van der Waals surface area contributed by atoms with Crippen molar-refractivity contribution in [3.8, 4) is 0 Å². The molecule has 0 saturated carbocycles. The largest absolute Gasteiger partial charge is 0.307 e. The highest BCUT2D eigenvalue weighted by molar-refractivity contribution is 5.90. The maximum Gasteiger partial charge on any atom is 0.152 e. The van der Waals surface area contributed by atoms with Gasteiger partial charge in [-0.3, -0.25) is 4.79 Å². The highest BCUT2D eigenvalue weighted by Gasteiger charge is 2.26. The molecule has 0 aromatic rings. The lowest BCUT2D eigenvalue weighted by Gasteiger charge is -2.13. The second-order valence-corrected chi connectivity index (χ2v) is 3.86. The minimum absolute atomic E-state index is 0.00866. The van der Waals surface area contributed by atoms with Gasteiger partial charge in [-0.15, -0.1) is 0 Å². The number of nitrogens with one attached hydrogen (secondary N) is 1. The van der Waals surface area contributed by atoms with E-state index in [1.165, 1.54) is 6.92 Å².